The highest BCUT2D eigenvalue weighted by Gasteiger charge is 2.17. The van der Waals surface area contributed by atoms with Gasteiger partial charge < -0.3 is 20.7 Å². The number of nitriles is 1. The molecule has 0 aliphatic rings. The Morgan fingerprint density at radius 2 is 1.82 bits per heavy atom. The van der Waals surface area contributed by atoms with Crippen LogP contribution in [0.5, 0.6) is 11.5 Å². The van der Waals surface area contributed by atoms with Crippen LogP contribution in [0, 0.1) is 24.2 Å². The van der Waals surface area contributed by atoms with E-state index >= 15 is 0 Å². The van der Waals surface area contributed by atoms with E-state index in [1.807, 2.05) is 75.4 Å². The standard InChI is InChI=1S/C26H26N6O2/c1-17(2)14-28-26(33)31-23-16-32-25(18(23)3)24(19(13-27)15-29-32)30-20-9-11-22(12-10-20)34-21-7-5-4-6-8-21/h4-12,15-17,30H,14H2,1-3H3,(H2,28,31,33). The molecule has 4 rings (SSSR count). The van der Waals surface area contributed by atoms with Gasteiger partial charge in [-0.2, -0.15) is 10.4 Å². The van der Waals surface area contributed by atoms with Gasteiger partial charge in [-0.25, -0.2) is 9.31 Å². The second kappa shape index (κ2) is 9.96. The molecule has 0 aliphatic carbocycles. The van der Waals surface area contributed by atoms with E-state index in [0.29, 0.717) is 40.7 Å². The first-order chi connectivity index (χ1) is 16.4. The van der Waals surface area contributed by atoms with Crippen LogP contribution in [-0.4, -0.2) is 22.2 Å². The molecule has 0 fully saturated rings. The molecule has 34 heavy (non-hydrogen) atoms. The van der Waals surface area contributed by atoms with Crippen molar-refractivity contribution in [3.05, 3.63) is 78.1 Å². The van der Waals surface area contributed by atoms with Gasteiger partial charge in [-0.1, -0.05) is 32.0 Å². The molecule has 2 amide bonds. The van der Waals surface area contributed by atoms with Crippen LogP contribution in [0.25, 0.3) is 5.52 Å². The van der Waals surface area contributed by atoms with Crippen molar-refractivity contribution in [1.82, 2.24) is 14.9 Å². The van der Waals surface area contributed by atoms with E-state index in [2.05, 4.69) is 27.1 Å². The fourth-order valence-corrected chi connectivity index (χ4v) is 3.46. The minimum atomic E-state index is -0.281. The van der Waals surface area contributed by atoms with E-state index in [9.17, 15) is 10.1 Å². The number of amides is 2. The Kier molecular flexibility index (Phi) is 6.64. The smallest absolute Gasteiger partial charge is 0.319 e. The number of urea groups is 1. The summed E-state index contributed by atoms with van der Waals surface area (Å²) in [6.45, 7) is 6.53. The van der Waals surface area contributed by atoms with Gasteiger partial charge >= 0.3 is 6.03 Å². The highest BCUT2D eigenvalue weighted by Crippen LogP contribution is 2.33. The Hall–Kier alpha value is -4.51. The zero-order chi connectivity index (χ0) is 24.1. The van der Waals surface area contributed by atoms with Crippen LogP contribution in [-0.2, 0) is 0 Å². The predicted molar refractivity (Wildman–Crippen MR) is 133 cm³/mol. The van der Waals surface area contributed by atoms with Gasteiger partial charge in [0.15, 0.2) is 0 Å². The number of carbonyl (C=O) groups excluding carboxylic acids is 1. The van der Waals surface area contributed by atoms with Gasteiger partial charge in [0, 0.05) is 17.8 Å². The van der Waals surface area contributed by atoms with Gasteiger partial charge in [-0.3, -0.25) is 0 Å². The third-order valence-corrected chi connectivity index (χ3v) is 5.20. The molecule has 0 bridgehead atoms. The predicted octanol–water partition coefficient (Wildman–Crippen LogP) is 5.83. The van der Waals surface area contributed by atoms with Crippen LogP contribution >= 0.6 is 0 Å². The number of hydrogen-bond acceptors (Lipinski definition) is 5. The normalized spacial score (nSPS) is 10.7. The molecule has 0 aliphatic heterocycles. The summed E-state index contributed by atoms with van der Waals surface area (Å²) in [5, 5.41) is 23.1. The molecule has 4 aromatic rings. The van der Waals surface area contributed by atoms with E-state index in [4.69, 9.17) is 4.74 Å². The molecule has 2 heterocycles. The van der Waals surface area contributed by atoms with Crippen LogP contribution in [0.4, 0.5) is 21.9 Å². The quantitative estimate of drug-likeness (QED) is 0.326. The summed E-state index contributed by atoms with van der Waals surface area (Å²) in [6, 6.07) is 19.0. The molecule has 0 saturated carbocycles. The fourth-order valence-electron chi connectivity index (χ4n) is 3.46. The average molecular weight is 455 g/mol. The number of para-hydroxylation sites is 1. The first kappa shape index (κ1) is 22.7. The molecule has 0 atom stereocenters. The van der Waals surface area contributed by atoms with Crippen molar-refractivity contribution in [2.75, 3.05) is 17.2 Å². The van der Waals surface area contributed by atoms with E-state index in [0.717, 1.165) is 17.0 Å². The van der Waals surface area contributed by atoms with E-state index in [1.165, 1.54) is 6.20 Å². The lowest BCUT2D eigenvalue weighted by molar-refractivity contribution is 0.251. The Morgan fingerprint density at radius 1 is 1.12 bits per heavy atom. The number of carbonyl (C=O) groups is 1. The Bertz CT molecular complexity index is 1340. The van der Waals surface area contributed by atoms with Crippen molar-refractivity contribution in [2.45, 2.75) is 20.8 Å². The number of nitrogens with one attached hydrogen (secondary N) is 3. The van der Waals surface area contributed by atoms with Crippen molar-refractivity contribution >= 4 is 28.6 Å². The average Bonchev–Trinajstić information content (AvgIpc) is 3.15. The molecule has 2 aromatic heterocycles. The zero-order valence-electron chi connectivity index (χ0n) is 19.3. The second-order valence-electron chi connectivity index (χ2n) is 8.30. The van der Waals surface area contributed by atoms with Crippen molar-refractivity contribution in [1.29, 1.82) is 5.26 Å². The number of rotatable bonds is 7. The van der Waals surface area contributed by atoms with Crippen molar-refractivity contribution in [2.24, 2.45) is 5.92 Å². The summed E-state index contributed by atoms with van der Waals surface area (Å²) in [6.07, 6.45) is 3.24. The fraction of sp³-hybridized carbons (Fsp3) is 0.192. The minimum absolute atomic E-state index is 0.281. The minimum Gasteiger partial charge on any atom is -0.457 e. The van der Waals surface area contributed by atoms with Crippen LogP contribution in [0.2, 0.25) is 0 Å². The number of nitrogens with zero attached hydrogens (tertiary/aromatic N) is 3. The maximum absolute atomic E-state index is 12.3. The molecule has 2 aromatic carbocycles. The number of aromatic nitrogens is 2. The molecule has 0 unspecified atom stereocenters. The van der Waals surface area contributed by atoms with E-state index in [1.54, 1.807) is 10.7 Å². The van der Waals surface area contributed by atoms with Gasteiger partial charge in [0.05, 0.1) is 34.8 Å². The first-order valence-electron chi connectivity index (χ1n) is 11.0. The summed E-state index contributed by atoms with van der Waals surface area (Å²) >= 11 is 0. The molecule has 8 heteroatoms. The van der Waals surface area contributed by atoms with Gasteiger partial charge in [0.2, 0.25) is 0 Å². The molecule has 0 spiro atoms. The Labute approximate surface area is 198 Å². The highest BCUT2D eigenvalue weighted by molar-refractivity contribution is 5.94. The lowest BCUT2D eigenvalue weighted by Gasteiger charge is -2.12. The number of hydrogen-bond donors (Lipinski definition) is 3. The third kappa shape index (κ3) is 5.10. The van der Waals surface area contributed by atoms with E-state index in [-0.39, 0.29) is 6.03 Å². The molecule has 172 valence electrons. The number of aryl methyl sites for hydroxylation is 1. The van der Waals surface area contributed by atoms with E-state index < -0.39 is 0 Å². The number of anilines is 3. The summed E-state index contributed by atoms with van der Waals surface area (Å²) in [5.41, 5.74) is 3.93. The van der Waals surface area contributed by atoms with Crippen LogP contribution in [0.15, 0.2) is 67.0 Å². The first-order valence-corrected chi connectivity index (χ1v) is 11.0. The SMILES string of the molecule is Cc1c(NC(=O)NCC(C)C)cn2ncc(C#N)c(Nc3ccc(Oc4ccccc4)cc3)c12. The van der Waals surface area contributed by atoms with Crippen molar-refractivity contribution in [3.8, 4) is 17.6 Å². The topological polar surface area (TPSA) is 103 Å². The molecular weight excluding hydrogens is 428 g/mol. The largest absolute Gasteiger partial charge is 0.457 e. The zero-order valence-corrected chi connectivity index (χ0v) is 19.3. The number of ether oxygens (including phenoxy) is 1. The summed E-state index contributed by atoms with van der Waals surface area (Å²) in [5.74, 6) is 1.81. The van der Waals surface area contributed by atoms with Gasteiger partial charge in [-0.05, 0) is 49.2 Å². The lowest BCUT2D eigenvalue weighted by Crippen LogP contribution is -2.31. The highest BCUT2D eigenvalue weighted by atomic mass is 16.5. The molecule has 0 saturated heterocycles. The van der Waals surface area contributed by atoms with Crippen LogP contribution < -0.4 is 20.7 Å². The molecular formula is C26H26N6O2. The van der Waals surface area contributed by atoms with Crippen molar-refractivity contribution < 1.29 is 9.53 Å². The third-order valence-electron chi connectivity index (χ3n) is 5.20. The van der Waals surface area contributed by atoms with Crippen molar-refractivity contribution in [3.63, 3.8) is 0 Å². The molecule has 8 nitrogen and oxygen atoms in total. The summed E-state index contributed by atoms with van der Waals surface area (Å²) < 4.78 is 7.51. The van der Waals surface area contributed by atoms with Gasteiger partial charge in [0.1, 0.15) is 17.6 Å². The Balaban J connectivity index is 1.59. The maximum Gasteiger partial charge on any atom is 0.319 e. The Morgan fingerprint density at radius 3 is 2.50 bits per heavy atom. The number of fused-ring (bicyclic) bond motifs is 1. The summed E-state index contributed by atoms with van der Waals surface area (Å²) in [7, 11) is 0. The summed E-state index contributed by atoms with van der Waals surface area (Å²) in [4.78, 5) is 12.3. The lowest BCUT2D eigenvalue weighted by atomic mass is 10.1. The molecule has 3 N–H and O–H groups in total. The molecule has 0 radical (unpaired) electrons. The number of benzene rings is 2. The van der Waals surface area contributed by atoms with Gasteiger partial charge in [0.25, 0.3) is 0 Å². The van der Waals surface area contributed by atoms with Gasteiger partial charge in [-0.15, -0.1) is 0 Å². The maximum atomic E-state index is 12.3. The van der Waals surface area contributed by atoms with Crippen LogP contribution in [0.1, 0.15) is 25.0 Å². The second-order valence-corrected chi connectivity index (χ2v) is 8.30. The van der Waals surface area contributed by atoms with Crippen LogP contribution in [0.3, 0.4) is 0 Å². The monoisotopic (exact) mass is 454 g/mol.